The lowest BCUT2D eigenvalue weighted by atomic mass is 10.4. The second-order valence-electron chi connectivity index (χ2n) is 2.51. The molecule has 0 saturated carbocycles. The predicted molar refractivity (Wildman–Crippen MR) is 51.6 cm³/mol. The first-order valence-corrected chi connectivity index (χ1v) is 4.12. The van der Waals surface area contributed by atoms with Crippen LogP contribution in [0, 0.1) is 10.1 Å². The average molecular weight is 197 g/mol. The lowest BCUT2D eigenvalue weighted by Crippen LogP contribution is -2.02. The van der Waals surface area contributed by atoms with E-state index in [9.17, 15) is 10.1 Å². The molecule has 6 heteroatoms. The van der Waals surface area contributed by atoms with Crippen molar-refractivity contribution in [3.8, 4) is 5.88 Å². The van der Waals surface area contributed by atoms with Gasteiger partial charge in [0.1, 0.15) is 5.82 Å². The number of nitro groups is 1. The monoisotopic (exact) mass is 197 g/mol. The number of ether oxygens (including phenoxy) is 1. The van der Waals surface area contributed by atoms with E-state index in [0.29, 0.717) is 12.4 Å². The van der Waals surface area contributed by atoms with Crippen LogP contribution in [-0.4, -0.2) is 23.6 Å². The van der Waals surface area contributed by atoms with Crippen molar-refractivity contribution in [3.63, 3.8) is 0 Å². The molecule has 0 saturated heterocycles. The minimum atomic E-state index is -0.526. The van der Waals surface area contributed by atoms with Crippen molar-refractivity contribution in [1.29, 1.82) is 0 Å². The molecule has 1 N–H and O–H groups in total. The fourth-order valence-electron chi connectivity index (χ4n) is 1.00. The van der Waals surface area contributed by atoms with Crippen LogP contribution in [0.2, 0.25) is 0 Å². The van der Waals surface area contributed by atoms with Crippen LogP contribution in [-0.2, 0) is 0 Å². The second-order valence-corrected chi connectivity index (χ2v) is 2.51. The Morgan fingerprint density at radius 3 is 2.86 bits per heavy atom. The van der Waals surface area contributed by atoms with Gasteiger partial charge in [-0.2, -0.15) is 4.98 Å². The summed E-state index contributed by atoms with van der Waals surface area (Å²) in [7, 11) is 1.35. The lowest BCUT2D eigenvalue weighted by molar-refractivity contribution is -0.386. The molecule has 0 aliphatic rings. The number of rotatable bonds is 4. The quantitative estimate of drug-likeness (QED) is 0.583. The maximum atomic E-state index is 10.5. The third-order valence-corrected chi connectivity index (χ3v) is 1.59. The SMILES string of the molecule is CCNc1ccc([N+](=O)[O-])c(OC)n1. The zero-order valence-electron chi connectivity index (χ0n) is 7.98. The van der Waals surface area contributed by atoms with Crippen LogP contribution in [0.1, 0.15) is 6.92 Å². The molecule has 0 aromatic carbocycles. The smallest absolute Gasteiger partial charge is 0.331 e. The zero-order chi connectivity index (χ0) is 10.6. The topological polar surface area (TPSA) is 77.3 Å². The van der Waals surface area contributed by atoms with E-state index in [0.717, 1.165) is 0 Å². The van der Waals surface area contributed by atoms with Crippen molar-refractivity contribution in [2.75, 3.05) is 19.0 Å². The summed E-state index contributed by atoms with van der Waals surface area (Å²) in [6, 6.07) is 2.91. The Hall–Kier alpha value is -1.85. The van der Waals surface area contributed by atoms with Gasteiger partial charge in [0.25, 0.3) is 5.88 Å². The molecule has 0 fully saturated rings. The molecule has 0 aliphatic carbocycles. The van der Waals surface area contributed by atoms with E-state index < -0.39 is 4.92 Å². The molecule has 1 rings (SSSR count). The van der Waals surface area contributed by atoms with Crippen molar-refractivity contribution in [3.05, 3.63) is 22.2 Å². The summed E-state index contributed by atoms with van der Waals surface area (Å²) in [6.45, 7) is 2.61. The molecule has 76 valence electrons. The van der Waals surface area contributed by atoms with Gasteiger partial charge in [-0.15, -0.1) is 0 Å². The molecule has 1 aromatic heterocycles. The average Bonchev–Trinajstić information content (AvgIpc) is 2.17. The Balaban J connectivity index is 3.05. The molecule has 0 aliphatic heterocycles. The highest BCUT2D eigenvalue weighted by Crippen LogP contribution is 2.25. The molecule has 6 nitrogen and oxygen atoms in total. The van der Waals surface area contributed by atoms with Gasteiger partial charge in [-0.05, 0) is 13.0 Å². The van der Waals surface area contributed by atoms with Crippen LogP contribution < -0.4 is 10.1 Å². The third kappa shape index (κ3) is 2.09. The summed E-state index contributed by atoms with van der Waals surface area (Å²) < 4.78 is 4.80. The van der Waals surface area contributed by atoms with Crippen LogP contribution in [0.15, 0.2) is 12.1 Å². The van der Waals surface area contributed by atoms with Gasteiger partial charge >= 0.3 is 5.69 Å². The van der Waals surface area contributed by atoms with Crippen LogP contribution in [0.5, 0.6) is 5.88 Å². The first kappa shape index (κ1) is 10.2. The summed E-state index contributed by atoms with van der Waals surface area (Å²) in [5.74, 6) is 0.586. The van der Waals surface area contributed by atoms with Crippen LogP contribution in [0.3, 0.4) is 0 Å². The Morgan fingerprint density at radius 1 is 1.64 bits per heavy atom. The number of pyridine rings is 1. The minimum absolute atomic E-state index is 0.0217. The number of hydrogen-bond acceptors (Lipinski definition) is 5. The molecular weight excluding hydrogens is 186 g/mol. The van der Waals surface area contributed by atoms with Crippen LogP contribution in [0.25, 0.3) is 0 Å². The molecule has 0 amide bonds. The molecule has 14 heavy (non-hydrogen) atoms. The molecule has 0 spiro atoms. The van der Waals surface area contributed by atoms with Gasteiger partial charge < -0.3 is 10.1 Å². The first-order chi connectivity index (χ1) is 6.69. The second kappa shape index (κ2) is 4.40. The van der Waals surface area contributed by atoms with Gasteiger partial charge in [0.05, 0.1) is 12.0 Å². The summed E-state index contributed by atoms with van der Waals surface area (Å²) in [6.07, 6.45) is 0. The van der Waals surface area contributed by atoms with E-state index in [1.165, 1.54) is 13.2 Å². The van der Waals surface area contributed by atoms with Crippen LogP contribution in [0.4, 0.5) is 11.5 Å². The van der Waals surface area contributed by atoms with Crippen molar-refractivity contribution in [1.82, 2.24) is 4.98 Å². The molecule has 0 atom stereocenters. The number of nitrogens with one attached hydrogen (secondary N) is 1. The fourth-order valence-corrected chi connectivity index (χ4v) is 1.00. The Kier molecular flexibility index (Phi) is 3.22. The number of hydrogen-bond donors (Lipinski definition) is 1. The summed E-state index contributed by atoms with van der Waals surface area (Å²) in [5, 5.41) is 13.4. The molecular formula is C8H11N3O3. The highest BCUT2D eigenvalue weighted by molar-refractivity contribution is 5.48. The highest BCUT2D eigenvalue weighted by Gasteiger charge is 2.15. The first-order valence-electron chi connectivity index (χ1n) is 4.12. The molecule has 0 bridgehead atoms. The van der Waals surface area contributed by atoms with Crippen molar-refractivity contribution in [2.45, 2.75) is 6.92 Å². The third-order valence-electron chi connectivity index (χ3n) is 1.59. The Bertz CT molecular complexity index is 341. The van der Waals surface area contributed by atoms with E-state index >= 15 is 0 Å². The van der Waals surface area contributed by atoms with Gasteiger partial charge in [-0.1, -0.05) is 0 Å². The Labute approximate surface area is 81.1 Å². The summed E-state index contributed by atoms with van der Waals surface area (Å²) in [4.78, 5) is 13.9. The highest BCUT2D eigenvalue weighted by atomic mass is 16.6. The maximum Gasteiger partial charge on any atom is 0.331 e. The number of methoxy groups -OCH3 is 1. The number of nitrogens with zero attached hydrogens (tertiary/aromatic N) is 2. The van der Waals surface area contributed by atoms with Gasteiger partial charge in [0.15, 0.2) is 0 Å². The standard InChI is InChI=1S/C8H11N3O3/c1-3-9-7-5-4-6(11(12)13)8(10-7)14-2/h4-5H,3H2,1-2H3,(H,9,10). The molecule has 0 radical (unpaired) electrons. The maximum absolute atomic E-state index is 10.5. The van der Waals surface area contributed by atoms with E-state index in [1.54, 1.807) is 6.07 Å². The fraction of sp³-hybridized carbons (Fsp3) is 0.375. The Morgan fingerprint density at radius 2 is 2.36 bits per heavy atom. The van der Waals surface area contributed by atoms with Gasteiger partial charge in [0, 0.05) is 12.6 Å². The lowest BCUT2D eigenvalue weighted by Gasteiger charge is -2.04. The molecule has 1 heterocycles. The van der Waals surface area contributed by atoms with Crippen molar-refractivity contribution in [2.24, 2.45) is 0 Å². The minimum Gasteiger partial charge on any atom is -0.476 e. The number of anilines is 1. The van der Waals surface area contributed by atoms with Gasteiger partial charge in [-0.25, -0.2) is 0 Å². The van der Waals surface area contributed by atoms with E-state index in [2.05, 4.69) is 10.3 Å². The predicted octanol–water partition coefficient (Wildman–Crippen LogP) is 1.43. The summed E-state index contributed by atoms with van der Waals surface area (Å²) in [5.41, 5.74) is -0.130. The van der Waals surface area contributed by atoms with E-state index in [4.69, 9.17) is 4.74 Å². The zero-order valence-corrected chi connectivity index (χ0v) is 7.98. The normalized spacial score (nSPS) is 9.57. The molecule has 0 unspecified atom stereocenters. The number of aromatic nitrogens is 1. The van der Waals surface area contributed by atoms with Crippen LogP contribution >= 0.6 is 0 Å². The van der Waals surface area contributed by atoms with Crippen molar-refractivity contribution >= 4 is 11.5 Å². The van der Waals surface area contributed by atoms with Gasteiger partial charge in [-0.3, -0.25) is 10.1 Å². The summed E-state index contributed by atoms with van der Waals surface area (Å²) >= 11 is 0. The largest absolute Gasteiger partial charge is 0.476 e. The van der Waals surface area contributed by atoms with E-state index in [1.807, 2.05) is 6.92 Å². The molecule has 1 aromatic rings. The van der Waals surface area contributed by atoms with Gasteiger partial charge in [0.2, 0.25) is 0 Å². The van der Waals surface area contributed by atoms with Crippen molar-refractivity contribution < 1.29 is 9.66 Å². The van der Waals surface area contributed by atoms with E-state index in [-0.39, 0.29) is 11.6 Å².